The predicted octanol–water partition coefficient (Wildman–Crippen LogP) is 2.56. The van der Waals surface area contributed by atoms with Crippen LogP contribution in [0.15, 0.2) is 24.3 Å². The number of carbonyl (C=O) groups is 1. The third-order valence-corrected chi connectivity index (χ3v) is 3.74. The zero-order valence-corrected chi connectivity index (χ0v) is 12.6. The minimum atomic E-state index is -0.111. The third-order valence-electron chi connectivity index (χ3n) is 3.74. The van der Waals surface area contributed by atoms with Crippen LogP contribution in [0, 0.1) is 5.92 Å². The number of ether oxygens (including phenoxy) is 2. The van der Waals surface area contributed by atoms with Crippen molar-refractivity contribution in [3.63, 3.8) is 0 Å². The molecule has 1 aliphatic rings. The van der Waals surface area contributed by atoms with Crippen LogP contribution in [0.1, 0.15) is 25.7 Å². The highest BCUT2D eigenvalue weighted by Gasteiger charge is 2.15. The van der Waals surface area contributed by atoms with E-state index in [1.807, 2.05) is 24.3 Å². The van der Waals surface area contributed by atoms with E-state index >= 15 is 0 Å². The second-order valence-corrected chi connectivity index (χ2v) is 5.31. The van der Waals surface area contributed by atoms with Gasteiger partial charge < -0.3 is 20.1 Å². The fourth-order valence-electron chi connectivity index (χ4n) is 2.52. The van der Waals surface area contributed by atoms with Crippen LogP contribution >= 0.6 is 0 Å². The van der Waals surface area contributed by atoms with E-state index < -0.39 is 0 Å². The molecule has 0 spiro atoms. The maximum Gasteiger partial charge on any atom is 0.314 e. The van der Waals surface area contributed by atoms with Gasteiger partial charge in [0.05, 0.1) is 13.7 Å². The van der Waals surface area contributed by atoms with Crippen molar-refractivity contribution >= 4 is 6.03 Å². The van der Waals surface area contributed by atoms with E-state index in [0.29, 0.717) is 19.1 Å². The zero-order chi connectivity index (χ0) is 14.9. The van der Waals surface area contributed by atoms with Crippen LogP contribution in [0.4, 0.5) is 4.79 Å². The summed E-state index contributed by atoms with van der Waals surface area (Å²) in [5.74, 6) is 2.22. The van der Waals surface area contributed by atoms with Crippen molar-refractivity contribution in [3.8, 4) is 11.5 Å². The summed E-state index contributed by atoms with van der Waals surface area (Å²) in [5.41, 5.74) is 0. The van der Waals surface area contributed by atoms with Gasteiger partial charge in [0.25, 0.3) is 0 Å². The molecule has 1 aromatic rings. The van der Waals surface area contributed by atoms with Crippen LogP contribution in [0.25, 0.3) is 0 Å². The van der Waals surface area contributed by atoms with Gasteiger partial charge in [-0.3, -0.25) is 0 Å². The summed E-state index contributed by atoms with van der Waals surface area (Å²) >= 11 is 0. The molecule has 1 fully saturated rings. The van der Waals surface area contributed by atoms with Gasteiger partial charge in [-0.1, -0.05) is 12.8 Å². The van der Waals surface area contributed by atoms with Crippen molar-refractivity contribution in [2.45, 2.75) is 25.7 Å². The highest BCUT2D eigenvalue weighted by atomic mass is 16.5. The van der Waals surface area contributed by atoms with Crippen LogP contribution in [-0.2, 0) is 0 Å². The Labute approximate surface area is 126 Å². The Kier molecular flexibility index (Phi) is 6.19. The molecule has 0 bridgehead atoms. The van der Waals surface area contributed by atoms with Gasteiger partial charge in [-0.15, -0.1) is 0 Å². The molecule has 2 amide bonds. The summed E-state index contributed by atoms with van der Waals surface area (Å²) < 4.78 is 10.6. The van der Waals surface area contributed by atoms with Crippen LogP contribution in [0.3, 0.4) is 0 Å². The first-order chi connectivity index (χ1) is 10.3. The first kappa shape index (κ1) is 15.5. The zero-order valence-electron chi connectivity index (χ0n) is 12.6. The van der Waals surface area contributed by atoms with Gasteiger partial charge in [-0.05, 0) is 43.0 Å². The fraction of sp³-hybridized carbons (Fsp3) is 0.562. The molecule has 0 unspecified atom stereocenters. The first-order valence-electron chi connectivity index (χ1n) is 7.56. The number of methoxy groups -OCH3 is 1. The molecule has 2 N–H and O–H groups in total. The van der Waals surface area contributed by atoms with E-state index in [1.54, 1.807) is 7.11 Å². The molecule has 5 heteroatoms. The number of urea groups is 1. The lowest BCUT2D eigenvalue weighted by Gasteiger charge is -2.12. The highest BCUT2D eigenvalue weighted by Crippen LogP contribution is 2.23. The maximum atomic E-state index is 11.6. The average molecular weight is 292 g/mol. The van der Waals surface area contributed by atoms with Gasteiger partial charge in [0, 0.05) is 6.54 Å². The number of rotatable bonds is 7. The molecule has 0 aliphatic heterocycles. The van der Waals surface area contributed by atoms with Gasteiger partial charge in [-0.2, -0.15) is 0 Å². The fourth-order valence-corrected chi connectivity index (χ4v) is 2.52. The number of carbonyl (C=O) groups excluding carboxylic acids is 1. The van der Waals surface area contributed by atoms with E-state index in [2.05, 4.69) is 10.6 Å². The molecule has 2 rings (SSSR count). The molecule has 0 radical (unpaired) electrons. The lowest BCUT2D eigenvalue weighted by molar-refractivity contribution is 0.234. The lowest BCUT2D eigenvalue weighted by Crippen LogP contribution is -2.39. The summed E-state index contributed by atoms with van der Waals surface area (Å²) in [6, 6.07) is 7.27. The van der Waals surface area contributed by atoms with Gasteiger partial charge in [0.1, 0.15) is 18.1 Å². The Bertz CT molecular complexity index is 428. The van der Waals surface area contributed by atoms with Crippen molar-refractivity contribution < 1.29 is 14.3 Å². The topological polar surface area (TPSA) is 59.6 Å². The molecule has 1 aliphatic carbocycles. The molecule has 0 aromatic heterocycles. The SMILES string of the molecule is COc1ccc(OCCNC(=O)NCC2CCCC2)cc1. The Morgan fingerprint density at radius 3 is 2.48 bits per heavy atom. The number of amides is 2. The Morgan fingerprint density at radius 1 is 1.14 bits per heavy atom. The lowest BCUT2D eigenvalue weighted by atomic mass is 10.1. The number of hydrogen-bond acceptors (Lipinski definition) is 3. The Balaban J connectivity index is 1.54. The quantitative estimate of drug-likeness (QED) is 0.759. The minimum absolute atomic E-state index is 0.111. The van der Waals surface area contributed by atoms with E-state index in [9.17, 15) is 4.79 Å². The van der Waals surface area contributed by atoms with Crippen molar-refractivity contribution in [1.82, 2.24) is 10.6 Å². The first-order valence-corrected chi connectivity index (χ1v) is 7.56. The second kappa shape index (κ2) is 8.39. The second-order valence-electron chi connectivity index (χ2n) is 5.31. The van der Waals surface area contributed by atoms with Gasteiger partial charge in [0.15, 0.2) is 0 Å². The molecule has 0 saturated heterocycles. The van der Waals surface area contributed by atoms with E-state index in [-0.39, 0.29) is 6.03 Å². The number of nitrogens with one attached hydrogen (secondary N) is 2. The van der Waals surface area contributed by atoms with Gasteiger partial charge >= 0.3 is 6.03 Å². The number of benzene rings is 1. The molecule has 5 nitrogen and oxygen atoms in total. The Morgan fingerprint density at radius 2 is 1.81 bits per heavy atom. The summed E-state index contributed by atoms with van der Waals surface area (Å²) in [5, 5.41) is 5.72. The molecular weight excluding hydrogens is 268 g/mol. The number of hydrogen-bond donors (Lipinski definition) is 2. The van der Waals surface area contributed by atoms with Crippen molar-refractivity contribution in [1.29, 1.82) is 0 Å². The minimum Gasteiger partial charge on any atom is -0.497 e. The third kappa shape index (κ3) is 5.53. The van der Waals surface area contributed by atoms with Gasteiger partial charge in [0.2, 0.25) is 0 Å². The van der Waals surface area contributed by atoms with E-state index in [1.165, 1.54) is 25.7 Å². The summed E-state index contributed by atoms with van der Waals surface area (Å²) in [6.45, 7) is 1.72. The predicted molar refractivity (Wildman–Crippen MR) is 81.8 cm³/mol. The average Bonchev–Trinajstić information content (AvgIpc) is 3.03. The summed E-state index contributed by atoms with van der Waals surface area (Å²) in [6.07, 6.45) is 5.06. The molecule has 0 atom stereocenters. The molecular formula is C16H24N2O3. The smallest absolute Gasteiger partial charge is 0.314 e. The Hall–Kier alpha value is -1.91. The van der Waals surface area contributed by atoms with E-state index in [4.69, 9.17) is 9.47 Å². The summed E-state index contributed by atoms with van der Waals surface area (Å²) in [7, 11) is 1.63. The highest BCUT2D eigenvalue weighted by molar-refractivity contribution is 5.73. The molecule has 1 aromatic carbocycles. The van der Waals surface area contributed by atoms with E-state index in [0.717, 1.165) is 18.0 Å². The maximum absolute atomic E-state index is 11.6. The molecule has 0 heterocycles. The molecule has 116 valence electrons. The largest absolute Gasteiger partial charge is 0.497 e. The summed E-state index contributed by atoms with van der Waals surface area (Å²) in [4.78, 5) is 11.6. The van der Waals surface area contributed by atoms with Crippen molar-refractivity contribution in [3.05, 3.63) is 24.3 Å². The van der Waals surface area contributed by atoms with Crippen LogP contribution in [0.2, 0.25) is 0 Å². The van der Waals surface area contributed by atoms with Gasteiger partial charge in [-0.25, -0.2) is 4.79 Å². The van der Waals surface area contributed by atoms with Crippen LogP contribution in [0.5, 0.6) is 11.5 Å². The van der Waals surface area contributed by atoms with Crippen LogP contribution in [-0.4, -0.2) is 32.8 Å². The molecule has 21 heavy (non-hydrogen) atoms. The van der Waals surface area contributed by atoms with Crippen LogP contribution < -0.4 is 20.1 Å². The van der Waals surface area contributed by atoms with Crippen molar-refractivity contribution in [2.75, 3.05) is 26.8 Å². The van der Waals surface area contributed by atoms with Crippen molar-refractivity contribution in [2.24, 2.45) is 5.92 Å². The monoisotopic (exact) mass is 292 g/mol. The standard InChI is InChI=1S/C16H24N2O3/c1-20-14-6-8-15(9-7-14)21-11-10-17-16(19)18-12-13-4-2-3-5-13/h6-9,13H,2-5,10-12H2,1H3,(H2,17,18,19). The molecule has 1 saturated carbocycles. The normalized spacial score (nSPS) is 14.7.